The molecule has 0 aliphatic carbocycles. The minimum Gasteiger partial charge on any atom is -0.478 e. The van der Waals surface area contributed by atoms with Crippen LogP contribution in [0.5, 0.6) is 0 Å². The van der Waals surface area contributed by atoms with Gasteiger partial charge in [0.2, 0.25) is 0 Å². The Balaban J connectivity index is 2.90. The van der Waals surface area contributed by atoms with Crippen molar-refractivity contribution >= 4 is 11.9 Å². The van der Waals surface area contributed by atoms with Crippen LogP contribution in [-0.2, 0) is 0 Å². The van der Waals surface area contributed by atoms with E-state index in [2.05, 4.69) is 0 Å². The third-order valence-corrected chi connectivity index (χ3v) is 2.41. The van der Waals surface area contributed by atoms with Gasteiger partial charge in [-0.3, -0.25) is 4.79 Å². The molecule has 1 amide bonds. The van der Waals surface area contributed by atoms with Gasteiger partial charge in [0.1, 0.15) is 0 Å². The first-order chi connectivity index (χ1) is 8.20. The lowest BCUT2D eigenvalue weighted by atomic mass is 9.96. The summed E-state index contributed by atoms with van der Waals surface area (Å²) in [6, 6.07) is 6.10. The van der Waals surface area contributed by atoms with Crippen LogP contribution in [-0.4, -0.2) is 35.5 Å². The topological polar surface area (TPSA) is 57.6 Å². The van der Waals surface area contributed by atoms with Gasteiger partial charge in [-0.15, -0.1) is 0 Å². The lowest BCUT2D eigenvalue weighted by Gasteiger charge is -2.26. The second-order valence-electron chi connectivity index (χ2n) is 5.61. The van der Waals surface area contributed by atoms with E-state index in [1.165, 1.54) is 12.1 Å². The average molecular weight is 249 g/mol. The van der Waals surface area contributed by atoms with E-state index in [1.807, 2.05) is 20.8 Å². The average Bonchev–Trinajstić information content (AvgIpc) is 2.26. The van der Waals surface area contributed by atoms with Gasteiger partial charge < -0.3 is 10.0 Å². The molecule has 1 rings (SSSR count). The maximum absolute atomic E-state index is 12.1. The molecule has 4 nitrogen and oxygen atoms in total. The molecule has 98 valence electrons. The zero-order chi connectivity index (χ0) is 13.9. The third-order valence-electron chi connectivity index (χ3n) is 2.41. The third kappa shape index (κ3) is 3.87. The van der Waals surface area contributed by atoms with Crippen molar-refractivity contribution in [2.24, 2.45) is 5.41 Å². The maximum Gasteiger partial charge on any atom is 0.335 e. The summed E-state index contributed by atoms with van der Waals surface area (Å²) in [7, 11) is 1.72. The fourth-order valence-corrected chi connectivity index (χ4v) is 1.79. The summed E-state index contributed by atoms with van der Waals surface area (Å²) in [5.41, 5.74) is 0.543. The lowest BCUT2D eigenvalue weighted by molar-refractivity contribution is 0.0697. The van der Waals surface area contributed by atoms with E-state index in [4.69, 9.17) is 5.11 Å². The summed E-state index contributed by atoms with van der Waals surface area (Å²) < 4.78 is 0. The van der Waals surface area contributed by atoms with Crippen LogP contribution in [0.2, 0.25) is 0 Å². The van der Waals surface area contributed by atoms with Crippen LogP contribution < -0.4 is 0 Å². The number of carbonyl (C=O) groups excluding carboxylic acids is 1. The van der Waals surface area contributed by atoms with E-state index in [-0.39, 0.29) is 16.9 Å². The number of benzene rings is 1. The molecule has 1 aromatic carbocycles. The highest BCUT2D eigenvalue weighted by molar-refractivity contribution is 5.97. The molecule has 1 N–H and O–H groups in total. The molecular formula is C14H19NO3. The first-order valence-electron chi connectivity index (χ1n) is 5.79. The maximum atomic E-state index is 12.1. The van der Waals surface area contributed by atoms with Crippen LogP contribution in [0.1, 0.15) is 41.5 Å². The fourth-order valence-electron chi connectivity index (χ4n) is 1.79. The molecular weight excluding hydrogens is 230 g/mol. The molecule has 0 aliphatic heterocycles. The van der Waals surface area contributed by atoms with E-state index in [0.29, 0.717) is 12.1 Å². The van der Waals surface area contributed by atoms with Crippen molar-refractivity contribution in [2.75, 3.05) is 13.6 Å². The molecule has 0 spiro atoms. The van der Waals surface area contributed by atoms with Crippen molar-refractivity contribution < 1.29 is 14.7 Å². The van der Waals surface area contributed by atoms with Crippen LogP contribution in [0.4, 0.5) is 0 Å². The highest BCUT2D eigenvalue weighted by Crippen LogP contribution is 2.16. The number of carbonyl (C=O) groups is 2. The van der Waals surface area contributed by atoms with Gasteiger partial charge in [-0.2, -0.15) is 0 Å². The summed E-state index contributed by atoms with van der Waals surface area (Å²) in [6.45, 7) is 6.75. The Hall–Kier alpha value is -1.84. The van der Waals surface area contributed by atoms with Crippen molar-refractivity contribution in [3.8, 4) is 0 Å². The van der Waals surface area contributed by atoms with E-state index >= 15 is 0 Å². The van der Waals surface area contributed by atoms with Gasteiger partial charge in [0.15, 0.2) is 0 Å². The van der Waals surface area contributed by atoms with Gasteiger partial charge in [0, 0.05) is 19.2 Å². The molecule has 18 heavy (non-hydrogen) atoms. The van der Waals surface area contributed by atoms with Gasteiger partial charge in [0.25, 0.3) is 5.91 Å². The summed E-state index contributed by atoms with van der Waals surface area (Å²) in [5.74, 6) is -1.18. The Morgan fingerprint density at radius 2 is 1.78 bits per heavy atom. The Morgan fingerprint density at radius 1 is 1.22 bits per heavy atom. The number of hydrogen-bond donors (Lipinski definition) is 1. The molecule has 0 bridgehead atoms. The van der Waals surface area contributed by atoms with Crippen molar-refractivity contribution in [3.05, 3.63) is 35.4 Å². The molecule has 0 aliphatic rings. The minimum absolute atomic E-state index is 0.00875. The van der Waals surface area contributed by atoms with Crippen LogP contribution in [0.15, 0.2) is 24.3 Å². The van der Waals surface area contributed by atoms with Crippen molar-refractivity contribution in [1.82, 2.24) is 4.90 Å². The first kappa shape index (κ1) is 14.2. The largest absolute Gasteiger partial charge is 0.478 e. The standard InChI is InChI=1S/C14H19NO3/c1-14(2,3)9-15(4)12(16)10-6-5-7-11(8-10)13(17)18/h5-8H,9H2,1-4H3,(H,17,18). The number of carboxylic acid groups (broad SMARTS) is 1. The molecule has 0 aromatic heterocycles. The molecule has 0 radical (unpaired) electrons. The first-order valence-corrected chi connectivity index (χ1v) is 5.79. The zero-order valence-electron chi connectivity index (χ0n) is 11.2. The SMILES string of the molecule is CN(CC(C)(C)C)C(=O)c1cccc(C(=O)O)c1. The fraction of sp³-hybridized carbons (Fsp3) is 0.429. The smallest absolute Gasteiger partial charge is 0.335 e. The van der Waals surface area contributed by atoms with Crippen molar-refractivity contribution in [2.45, 2.75) is 20.8 Å². The number of nitrogens with zero attached hydrogens (tertiary/aromatic N) is 1. The predicted molar refractivity (Wildman–Crippen MR) is 69.8 cm³/mol. The Labute approximate surface area is 107 Å². The van der Waals surface area contributed by atoms with Gasteiger partial charge in [-0.25, -0.2) is 4.79 Å². The molecule has 0 heterocycles. The Kier molecular flexibility index (Phi) is 4.11. The van der Waals surface area contributed by atoms with Gasteiger partial charge in [-0.05, 0) is 23.6 Å². The summed E-state index contributed by atoms with van der Waals surface area (Å²) >= 11 is 0. The van der Waals surface area contributed by atoms with Crippen molar-refractivity contribution in [3.63, 3.8) is 0 Å². The summed E-state index contributed by atoms with van der Waals surface area (Å²) in [6.07, 6.45) is 0. The second kappa shape index (κ2) is 5.21. The van der Waals surface area contributed by atoms with E-state index in [0.717, 1.165) is 0 Å². The normalized spacial score (nSPS) is 11.1. The van der Waals surface area contributed by atoms with Crippen LogP contribution in [0, 0.1) is 5.41 Å². The predicted octanol–water partition coefficient (Wildman–Crippen LogP) is 2.50. The summed E-state index contributed by atoms with van der Waals surface area (Å²) in [4.78, 5) is 24.6. The van der Waals surface area contributed by atoms with Crippen LogP contribution >= 0.6 is 0 Å². The summed E-state index contributed by atoms with van der Waals surface area (Å²) in [5, 5.41) is 8.89. The van der Waals surface area contributed by atoms with Gasteiger partial charge in [0.05, 0.1) is 5.56 Å². The number of carboxylic acids is 1. The molecule has 4 heteroatoms. The lowest BCUT2D eigenvalue weighted by Crippen LogP contribution is -2.34. The Bertz CT molecular complexity index is 460. The molecule has 1 aromatic rings. The number of aromatic carboxylic acids is 1. The van der Waals surface area contributed by atoms with Gasteiger partial charge in [-0.1, -0.05) is 26.8 Å². The number of rotatable bonds is 3. The van der Waals surface area contributed by atoms with Crippen LogP contribution in [0.25, 0.3) is 0 Å². The molecule has 0 saturated heterocycles. The highest BCUT2D eigenvalue weighted by atomic mass is 16.4. The number of hydrogen-bond acceptors (Lipinski definition) is 2. The zero-order valence-corrected chi connectivity index (χ0v) is 11.2. The molecule has 0 atom stereocenters. The monoisotopic (exact) mass is 249 g/mol. The molecule has 0 saturated carbocycles. The van der Waals surface area contributed by atoms with E-state index in [9.17, 15) is 9.59 Å². The van der Waals surface area contributed by atoms with Gasteiger partial charge >= 0.3 is 5.97 Å². The second-order valence-corrected chi connectivity index (χ2v) is 5.61. The molecule has 0 unspecified atom stereocenters. The quantitative estimate of drug-likeness (QED) is 0.895. The Morgan fingerprint density at radius 3 is 2.28 bits per heavy atom. The number of amides is 1. The van der Waals surface area contributed by atoms with E-state index < -0.39 is 5.97 Å². The highest BCUT2D eigenvalue weighted by Gasteiger charge is 2.19. The van der Waals surface area contributed by atoms with Crippen LogP contribution in [0.3, 0.4) is 0 Å². The minimum atomic E-state index is -1.02. The van der Waals surface area contributed by atoms with Crippen molar-refractivity contribution in [1.29, 1.82) is 0 Å². The van der Waals surface area contributed by atoms with E-state index in [1.54, 1.807) is 24.1 Å². The molecule has 0 fully saturated rings.